The third kappa shape index (κ3) is 4.36. The van der Waals surface area contributed by atoms with E-state index in [1.165, 1.54) is 18.8 Å². The van der Waals surface area contributed by atoms with Crippen LogP contribution in [-0.4, -0.2) is 58.3 Å². The molecule has 7 nitrogen and oxygen atoms in total. The number of carboxylic acid groups (broad SMARTS) is 1. The van der Waals surface area contributed by atoms with Crippen LogP contribution < -0.4 is 5.32 Å². The summed E-state index contributed by atoms with van der Waals surface area (Å²) in [6.07, 6.45) is 0.287. The fourth-order valence-electron chi connectivity index (χ4n) is 1.44. The summed E-state index contributed by atoms with van der Waals surface area (Å²) < 4.78 is 0. The van der Waals surface area contributed by atoms with Gasteiger partial charge in [-0.3, -0.25) is 24.5 Å². The maximum atomic E-state index is 11.5. The van der Waals surface area contributed by atoms with Crippen molar-refractivity contribution >= 4 is 35.5 Å². The van der Waals surface area contributed by atoms with Crippen LogP contribution in [0.3, 0.4) is 0 Å². The lowest BCUT2D eigenvalue weighted by Gasteiger charge is -2.14. The minimum absolute atomic E-state index is 0.142. The molecule has 0 spiro atoms. The van der Waals surface area contributed by atoms with E-state index in [2.05, 4.69) is 5.32 Å². The number of carbonyl (C=O) groups is 4. The van der Waals surface area contributed by atoms with Crippen molar-refractivity contribution in [3.05, 3.63) is 0 Å². The van der Waals surface area contributed by atoms with Gasteiger partial charge in [0.15, 0.2) is 0 Å². The van der Waals surface area contributed by atoms with Gasteiger partial charge in [0, 0.05) is 25.6 Å². The molecule has 1 saturated heterocycles. The van der Waals surface area contributed by atoms with E-state index in [-0.39, 0.29) is 37.1 Å². The maximum Gasteiger partial charge on any atom is 0.323 e. The molecule has 1 rings (SSSR count). The largest absolute Gasteiger partial charge is 0.480 e. The number of nitrogens with zero attached hydrogens (tertiary/aromatic N) is 1. The van der Waals surface area contributed by atoms with Gasteiger partial charge < -0.3 is 10.0 Å². The molecule has 0 aromatic carbocycles. The van der Waals surface area contributed by atoms with Crippen LogP contribution in [0.15, 0.2) is 0 Å². The molecule has 1 atom stereocenters. The molecule has 1 heterocycles. The van der Waals surface area contributed by atoms with Gasteiger partial charge in [0.05, 0.1) is 5.25 Å². The van der Waals surface area contributed by atoms with Gasteiger partial charge >= 0.3 is 5.97 Å². The van der Waals surface area contributed by atoms with Gasteiger partial charge in [-0.15, -0.1) is 11.8 Å². The zero-order chi connectivity index (χ0) is 13.7. The van der Waals surface area contributed by atoms with Gasteiger partial charge in [-0.25, -0.2) is 0 Å². The first kappa shape index (κ1) is 14.5. The van der Waals surface area contributed by atoms with Crippen molar-refractivity contribution in [1.29, 1.82) is 0 Å². The molecule has 0 radical (unpaired) electrons. The number of carbonyl (C=O) groups excluding carboxylic acids is 3. The highest BCUT2D eigenvalue weighted by atomic mass is 32.2. The summed E-state index contributed by atoms with van der Waals surface area (Å²) in [6, 6.07) is 0. The van der Waals surface area contributed by atoms with Crippen LogP contribution in [0.5, 0.6) is 0 Å². The van der Waals surface area contributed by atoms with Crippen LogP contribution in [0.4, 0.5) is 0 Å². The van der Waals surface area contributed by atoms with Gasteiger partial charge in [-0.05, 0) is 0 Å². The van der Waals surface area contributed by atoms with E-state index >= 15 is 0 Å². The number of imide groups is 1. The Morgan fingerprint density at radius 1 is 1.50 bits per heavy atom. The molecular formula is C10H14N2O5S. The fraction of sp³-hybridized carbons (Fsp3) is 0.600. The highest BCUT2D eigenvalue weighted by Crippen LogP contribution is 2.20. The smallest absolute Gasteiger partial charge is 0.323 e. The molecule has 0 bridgehead atoms. The molecule has 0 saturated carbocycles. The normalized spacial score (nSPS) is 18.6. The van der Waals surface area contributed by atoms with Gasteiger partial charge in [-0.2, -0.15) is 0 Å². The van der Waals surface area contributed by atoms with Crippen LogP contribution in [0.25, 0.3) is 0 Å². The molecule has 0 aliphatic carbocycles. The third-order valence-electron chi connectivity index (χ3n) is 2.36. The molecular weight excluding hydrogens is 260 g/mol. The number of nitrogens with one attached hydrogen (secondary N) is 1. The second-order valence-electron chi connectivity index (χ2n) is 3.87. The van der Waals surface area contributed by atoms with E-state index in [0.29, 0.717) is 5.75 Å². The van der Waals surface area contributed by atoms with Crippen molar-refractivity contribution in [2.45, 2.75) is 18.1 Å². The molecule has 0 aromatic rings. The topological polar surface area (TPSA) is 104 Å². The quantitative estimate of drug-likeness (QED) is 0.606. The average Bonchev–Trinajstić information content (AvgIpc) is 2.56. The maximum absolute atomic E-state index is 11.5. The SMILES string of the molecule is CN(CC(=O)O)C(=O)CCSC1CC(=O)NC1=O. The van der Waals surface area contributed by atoms with Crippen molar-refractivity contribution in [3.8, 4) is 0 Å². The van der Waals surface area contributed by atoms with Crippen molar-refractivity contribution in [1.82, 2.24) is 10.2 Å². The molecule has 1 unspecified atom stereocenters. The second-order valence-corrected chi connectivity index (χ2v) is 5.18. The van der Waals surface area contributed by atoms with E-state index < -0.39 is 11.2 Å². The lowest BCUT2D eigenvalue weighted by atomic mass is 10.3. The highest BCUT2D eigenvalue weighted by Gasteiger charge is 2.30. The summed E-state index contributed by atoms with van der Waals surface area (Å²) in [4.78, 5) is 45.1. The average molecular weight is 274 g/mol. The predicted octanol–water partition coefficient (Wildman–Crippen LogP) is -0.932. The van der Waals surface area contributed by atoms with Crippen molar-refractivity contribution in [2.24, 2.45) is 0 Å². The lowest BCUT2D eigenvalue weighted by molar-refractivity contribution is -0.143. The number of amides is 3. The molecule has 2 N–H and O–H groups in total. The Morgan fingerprint density at radius 3 is 2.67 bits per heavy atom. The van der Waals surface area contributed by atoms with Gasteiger partial charge in [0.1, 0.15) is 6.54 Å². The molecule has 1 aliphatic heterocycles. The van der Waals surface area contributed by atoms with E-state index in [1.54, 1.807) is 0 Å². The summed E-state index contributed by atoms with van der Waals surface area (Å²) in [7, 11) is 1.41. The summed E-state index contributed by atoms with van der Waals surface area (Å²) >= 11 is 1.23. The van der Waals surface area contributed by atoms with Gasteiger partial charge in [0.2, 0.25) is 17.7 Å². The lowest BCUT2D eigenvalue weighted by Crippen LogP contribution is -2.32. The number of aliphatic carboxylic acids is 1. The molecule has 8 heteroatoms. The predicted molar refractivity (Wildman–Crippen MR) is 63.9 cm³/mol. The molecule has 3 amide bonds. The summed E-state index contributed by atoms with van der Waals surface area (Å²) in [5.41, 5.74) is 0. The summed E-state index contributed by atoms with van der Waals surface area (Å²) in [5, 5.41) is 10.3. The number of carboxylic acids is 1. The van der Waals surface area contributed by atoms with Crippen LogP contribution in [0, 0.1) is 0 Å². The van der Waals surface area contributed by atoms with E-state index in [9.17, 15) is 19.2 Å². The summed E-state index contributed by atoms with van der Waals surface area (Å²) in [5.74, 6) is -1.61. The molecule has 0 aromatic heterocycles. The number of hydrogen-bond acceptors (Lipinski definition) is 5. The number of hydrogen-bond donors (Lipinski definition) is 2. The molecule has 1 aliphatic rings. The molecule has 1 fully saturated rings. The zero-order valence-corrected chi connectivity index (χ0v) is 10.7. The zero-order valence-electron chi connectivity index (χ0n) is 9.84. The molecule has 100 valence electrons. The van der Waals surface area contributed by atoms with Crippen molar-refractivity contribution in [2.75, 3.05) is 19.3 Å². The Kier molecular flexibility index (Phi) is 5.14. The highest BCUT2D eigenvalue weighted by molar-refractivity contribution is 8.00. The Bertz CT molecular complexity index is 384. The van der Waals surface area contributed by atoms with Crippen LogP contribution in [0.1, 0.15) is 12.8 Å². The Morgan fingerprint density at radius 2 is 2.17 bits per heavy atom. The van der Waals surface area contributed by atoms with E-state index in [0.717, 1.165) is 4.90 Å². The minimum atomic E-state index is -1.07. The van der Waals surface area contributed by atoms with E-state index in [4.69, 9.17) is 5.11 Å². The first-order valence-electron chi connectivity index (χ1n) is 5.31. The van der Waals surface area contributed by atoms with Crippen LogP contribution >= 0.6 is 11.8 Å². The first-order chi connectivity index (χ1) is 8.40. The number of likely N-dealkylation sites (N-methyl/N-ethyl adjacent to an activating group) is 1. The monoisotopic (exact) mass is 274 g/mol. The fourth-order valence-corrected chi connectivity index (χ4v) is 2.49. The van der Waals surface area contributed by atoms with Crippen molar-refractivity contribution in [3.63, 3.8) is 0 Å². The summed E-state index contributed by atoms with van der Waals surface area (Å²) in [6.45, 7) is -0.341. The Balaban J connectivity index is 2.25. The van der Waals surface area contributed by atoms with E-state index in [1.807, 2.05) is 0 Å². The van der Waals surface area contributed by atoms with Gasteiger partial charge in [-0.1, -0.05) is 0 Å². The number of thioether (sulfide) groups is 1. The number of rotatable bonds is 6. The third-order valence-corrected chi connectivity index (χ3v) is 3.58. The first-order valence-corrected chi connectivity index (χ1v) is 6.36. The van der Waals surface area contributed by atoms with Gasteiger partial charge in [0.25, 0.3) is 0 Å². The van der Waals surface area contributed by atoms with Crippen LogP contribution in [0.2, 0.25) is 0 Å². The standard InChI is InChI=1S/C10H14N2O5S/c1-12(5-9(15)16)8(14)2-3-18-6-4-7(13)11-10(6)17/h6H,2-5H2,1H3,(H,15,16)(H,11,13,17). The molecule has 18 heavy (non-hydrogen) atoms. The Labute approximate surface area is 108 Å². The van der Waals surface area contributed by atoms with Crippen molar-refractivity contribution < 1.29 is 24.3 Å². The second kappa shape index (κ2) is 6.39. The Hall–Kier alpha value is -1.57. The minimum Gasteiger partial charge on any atom is -0.480 e. The van der Waals surface area contributed by atoms with Crippen LogP contribution in [-0.2, 0) is 19.2 Å².